The van der Waals surface area contributed by atoms with E-state index in [0.717, 1.165) is 27.7 Å². The molecule has 0 aliphatic rings. The van der Waals surface area contributed by atoms with Crippen molar-refractivity contribution in [1.82, 2.24) is 4.98 Å². The molecule has 156 valence electrons. The number of pyridine rings is 1. The molecule has 1 heterocycles. The molecule has 0 radical (unpaired) electrons. The number of benzene rings is 3. The number of nitrogens with one attached hydrogen (secondary N) is 2. The molecule has 2 amide bonds. The van der Waals surface area contributed by atoms with Gasteiger partial charge in [0.1, 0.15) is 5.75 Å². The second kappa shape index (κ2) is 8.66. The summed E-state index contributed by atoms with van der Waals surface area (Å²) in [4.78, 5) is 17.3. The van der Waals surface area contributed by atoms with Crippen LogP contribution < -0.4 is 15.4 Å². The van der Waals surface area contributed by atoms with Gasteiger partial charge in [-0.05, 0) is 49.7 Å². The summed E-state index contributed by atoms with van der Waals surface area (Å²) >= 11 is 6.03. The first-order valence-corrected chi connectivity index (χ1v) is 10.2. The number of fused-ring (bicyclic) bond motifs is 1. The quantitative estimate of drug-likeness (QED) is 0.372. The first kappa shape index (κ1) is 20.7. The number of aryl methyl sites for hydroxylation is 2. The van der Waals surface area contributed by atoms with Gasteiger partial charge in [0.2, 0.25) is 0 Å². The van der Waals surface area contributed by atoms with E-state index in [2.05, 4.69) is 29.7 Å². The van der Waals surface area contributed by atoms with Gasteiger partial charge in [-0.25, -0.2) is 9.78 Å². The first-order chi connectivity index (χ1) is 14.9. The van der Waals surface area contributed by atoms with Crippen LogP contribution in [0, 0.1) is 13.8 Å². The smallest absolute Gasteiger partial charge is 0.323 e. The van der Waals surface area contributed by atoms with Gasteiger partial charge in [0.25, 0.3) is 0 Å². The van der Waals surface area contributed by atoms with Gasteiger partial charge in [-0.3, -0.25) is 0 Å². The van der Waals surface area contributed by atoms with Gasteiger partial charge in [0.05, 0.1) is 18.3 Å². The highest BCUT2D eigenvalue weighted by molar-refractivity contribution is 6.31. The van der Waals surface area contributed by atoms with E-state index in [-0.39, 0.29) is 6.03 Å². The Labute approximate surface area is 186 Å². The maximum atomic E-state index is 12.5. The number of anilines is 2. The van der Waals surface area contributed by atoms with Crippen molar-refractivity contribution in [3.63, 3.8) is 0 Å². The number of halogens is 1. The summed E-state index contributed by atoms with van der Waals surface area (Å²) in [7, 11) is 1.63. The maximum Gasteiger partial charge on any atom is 0.323 e. The minimum atomic E-state index is -0.354. The predicted molar refractivity (Wildman–Crippen MR) is 127 cm³/mol. The largest absolute Gasteiger partial charge is 0.496 e. The molecule has 4 aromatic rings. The Morgan fingerprint density at radius 2 is 1.71 bits per heavy atom. The lowest BCUT2D eigenvalue weighted by Crippen LogP contribution is -2.20. The lowest BCUT2D eigenvalue weighted by molar-refractivity contribution is 0.262. The Balaban J connectivity index is 1.61. The van der Waals surface area contributed by atoms with Gasteiger partial charge in [-0.15, -0.1) is 0 Å². The van der Waals surface area contributed by atoms with Crippen molar-refractivity contribution in [2.24, 2.45) is 0 Å². The minimum absolute atomic E-state index is 0.354. The van der Waals surface area contributed by atoms with Gasteiger partial charge in [0, 0.05) is 33.4 Å². The molecule has 0 bridgehead atoms. The van der Waals surface area contributed by atoms with E-state index in [1.807, 2.05) is 49.4 Å². The van der Waals surface area contributed by atoms with Crippen LogP contribution >= 0.6 is 11.6 Å². The number of methoxy groups -OCH3 is 1. The number of hydrogen-bond donors (Lipinski definition) is 2. The SMILES string of the molecule is COc1cc(-c2ccc(C)cc2)nc2ccc(NC(=O)Nc3cc(Cl)ccc3C)cc12. The molecule has 1 aromatic heterocycles. The van der Waals surface area contributed by atoms with Crippen LogP contribution in [-0.2, 0) is 0 Å². The van der Waals surface area contributed by atoms with E-state index in [0.29, 0.717) is 22.1 Å². The molecule has 2 N–H and O–H groups in total. The number of carbonyl (C=O) groups excluding carboxylic acids is 1. The van der Waals surface area contributed by atoms with E-state index < -0.39 is 0 Å². The van der Waals surface area contributed by atoms with Crippen molar-refractivity contribution in [2.75, 3.05) is 17.7 Å². The third-order valence-electron chi connectivity index (χ3n) is 5.04. The fraction of sp³-hybridized carbons (Fsp3) is 0.120. The molecule has 0 saturated heterocycles. The third-order valence-corrected chi connectivity index (χ3v) is 5.28. The van der Waals surface area contributed by atoms with Crippen LogP contribution in [0.4, 0.5) is 16.2 Å². The van der Waals surface area contributed by atoms with Crippen LogP contribution in [0.2, 0.25) is 5.02 Å². The average molecular weight is 432 g/mol. The van der Waals surface area contributed by atoms with Crippen LogP contribution in [-0.4, -0.2) is 18.1 Å². The molecule has 0 atom stereocenters. The number of nitrogens with zero attached hydrogens (tertiary/aromatic N) is 1. The molecule has 4 rings (SSSR count). The molecular weight excluding hydrogens is 410 g/mol. The number of aromatic nitrogens is 1. The highest BCUT2D eigenvalue weighted by Gasteiger charge is 2.11. The molecule has 3 aromatic carbocycles. The van der Waals surface area contributed by atoms with Crippen molar-refractivity contribution in [3.8, 4) is 17.0 Å². The zero-order valence-electron chi connectivity index (χ0n) is 17.5. The van der Waals surface area contributed by atoms with E-state index in [9.17, 15) is 4.79 Å². The minimum Gasteiger partial charge on any atom is -0.496 e. The van der Waals surface area contributed by atoms with E-state index in [4.69, 9.17) is 21.3 Å². The lowest BCUT2D eigenvalue weighted by Gasteiger charge is -2.13. The van der Waals surface area contributed by atoms with Crippen LogP contribution in [0.5, 0.6) is 5.75 Å². The molecule has 5 nitrogen and oxygen atoms in total. The zero-order valence-corrected chi connectivity index (χ0v) is 18.2. The first-order valence-electron chi connectivity index (χ1n) is 9.83. The van der Waals surface area contributed by atoms with E-state index in [1.165, 1.54) is 5.56 Å². The van der Waals surface area contributed by atoms with Crippen molar-refractivity contribution >= 4 is 39.9 Å². The number of rotatable bonds is 4. The average Bonchev–Trinajstić information content (AvgIpc) is 2.76. The third kappa shape index (κ3) is 4.62. The fourth-order valence-corrected chi connectivity index (χ4v) is 3.50. The highest BCUT2D eigenvalue weighted by atomic mass is 35.5. The van der Waals surface area contributed by atoms with Gasteiger partial charge >= 0.3 is 6.03 Å². The lowest BCUT2D eigenvalue weighted by atomic mass is 10.1. The van der Waals surface area contributed by atoms with Crippen LogP contribution in [0.25, 0.3) is 22.2 Å². The van der Waals surface area contributed by atoms with Crippen LogP contribution in [0.3, 0.4) is 0 Å². The Hall–Kier alpha value is -3.57. The molecule has 0 spiro atoms. The molecule has 0 saturated carbocycles. The molecule has 0 fully saturated rings. The number of amides is 2. The summed E-state index contributed by atoms with van der Waals surface area (Å²) in [5.41, 5.74) is 6.04. The Morgan fingerprint density at radius 1 is 0.935 bits per heavy atom. The predicted octanol–water partition coefficient (Wildman–Crippen LogP) is 6.82. The van der Waals surface area contributed by atoms with E-state index >= 15 is 0 Å². The highest BCUT2D eigenvalue weighted by Crippen LogP contribution is 2.32. The molecular formula is C25H22ClN3O2. The number of urea groups is 1. The van der Waals surface area contributed by atoms with Crippen molar-refractivity contribution in [2.45, 2.75) is 13.8 Å². The summed E-state index contributed by atoms with van der Waals surface area (Å²) in [5.74, 6) is 0.690. The van der Waals surface area contributed by atoms with E-state index in [1.54, 1.807) is 19.2 Å². The Bertz CT molecular complexity index is 1270. The van der Waals surface area contributed by atoms with Crippen molar-refractivity contribution in [3.05, 3.63) is 82.9 Å². The fourth-order valence-electron chi connectivity index (χ4n) is 3.33. The maximum absolute atomic E-state index is 12.5. The summed E-state index contributed by atoms with van der Waals surface area (Å²) < 4.78 is 5.61. The molecule has 31 heavy (non-hydrogen) atoms. The standard InChI is InChI=1S/C25H22ClN3O2/c1-15-4-7-17(8-5-15)23-14-24(31-3)20-13-19(10-11-21(20)28-23)27-25(30)29-22-12-18(26)9-6-16(22)2/h4-14H,1-3H3,(H2,27,29,30). The Morgan fingerprint density at radius 3 is 2.45 bits per heavy atom. The molecule has 0 unspecified atom stereocenters. The van der Waals surface area contributed by atoms with Crippen LogP contribution in [0.1, 0.15) is 11.1 Å². The van der Waals surface area contributed by atoms with Crippen molar-refractivity contribution < 1.29 is 9.53 Å². The van der Waals surface area contributed by atoms with Gasteiger partial charge in [-0.1, -0.05) is 47.5 Å². The summed E-state index contributed by atoms with van der Waals surface area (Å²) in [6, 6.07) is 20.7. The van der Waals surface area contributed by atoms with Gasteiger partial charge in [-0.2, -0.15) is 0 Å². The summed E-state index contributed by atoms with van der Waals surface area (Å²) in [5, 5.41) is 7.06. The second-order valence-corrected chi connectivity index (χ2v) is 7.78. The number of carbonyl (C=O) groups is 1. The van der Waals surface area contributed by atoms with Crippen molar-refractivity contribution in [1.29, 1.82) is 0 Å². The monoisotopic (exact) mass is 431 g/mol. The topological polar surface area (TPSA) is 63.2 Å². The summed E-state index contributed by atoms with van der Waals surface area (Å²) in [6.45, 7) is 3.96. The summed E-state index contributed by atoms with van der Waals surface area (Å²) in [6.07, 6.45) is 0. The normalized spacial score (nSPS) is 10.7. The van der Waals surface area contributed by atoms with Gasteiger partial charge in [0.15, 0.2) is 0 Å². The molecule has 6 heteroatoms. The zero-order chi connectivity index (χ0) is 22.0. The second-order valence-electron chi connectivity index (χ2n) is 7.35. The molecule has 0 aliphatic carbocycles. The molecule has 0 aliphatic heterocycles. The van der Waals surface area contributed by atoms with Gasteiger partial charge < -0.3 is 15.4 Å². The number of ether oxygens (including phenoxy) is 1. The number of hydrogen-bond acceptors (Lipinski definition) is 3. The Kier molecular flexibility index (Phi) is 5.78. The van der Waals surface area contributed by atoms with Crippen LogP contribution in [0.15, 0.2) is 66.7 Å².